The number of nitrogens with one attached hydrogen (secondary N) is 1. The van der Waals surface area contributed by atoms with E-state index in [-0.39, 0.29) is 22.7 Å². The van der Waals surface area contributed by atoms with E-state index in [1.54, 1.807) is 24.3 Å². The number of urea groups is 1. The number of nitro benzene ring substituents is 1. The van der Waals surface area contributed by atoms with Crippen LogP contribution >= 0.6 is 0 Å². The molecular weight excluding hydrogens is 418 g/mol. The molecule has 1 N–H and O–H groups in total. The number of nitro groups is 1. The van der Waals surface area contributed by atoms with Gasteiger partial charge in [0, 0.05) is 17.7 Å². The Labute approximate surface area is 180 Å². The van der Waals surface area contributed by atoms with Crippen LogP contribution in [0.5, 0.6) is 5.75 Å². The van der Waals surface area contributed by atoms with Crippen LogP contribution in [0.3, 0.4) is 0 Å². The summed E-state index contributed by atoms with van der Waals surface area (Å²) in [5.74, 6) is -0.533. The quantitative estimate of drug-likeness (QED) is 0.282. The predicted molar refractivity (Wildman–Crippen MR) is 113 cm³/mol. The van der Waals surface area contributed by atoms with Gasteiger partial charge in [0.1, 0.15) is 22.8 Å². The van der Waals surface area contributed by atoms with Gasteiger partial charge in [-0.3, -0.25) is 25.0 Å². The van der Waals surface area contributed by atoms with E-state index in [0.29, 0.717) is 17.1 Å². The molecule has 3 aromatic rings. The van der Waals surface area contributed by atoms with Crippen molar-refractivity contribution in [1.29, 1.82) is 0 Å². The lowest BCUT2D eigenvalue weighted by molar-refractivity contribution is -0.384. The molecule has 0 unspecified atom stereocenters. The van der Waals surface area contributed by atoms with Gasteiger partial charge in [0.25, 0.3) is 17.5 Å². The van der Waals surface area contributed by atoms with Gasteiger partial charge in [-0.15, -0.1) is 0 Å². The Balaban J connectivity index is 1.62. The van der Waals surface area contributed by atoms with Gasteiger partial charge in [0.15, 0.2) is 0 Å². The van der Waals surface area contributed by atoms with Gasteiger partial charge in [-0.1, -0.05) is 0 Å². The number of hydrogen-bond acceptors (Lipinski definition) is 7. The van der Waals surface area contributed by atoms with Crippen LogP contribution in [-0.4, -0.2) is 29.9 Å². The minimum absolute atomic E-state index is 0.0598. The minimum Gasteiger partial charge on any atom is -0.497 e. The molecule has 32 heavy (non-hydrogen) atoms. The average Bonchev–Trinajstić information content (AvgIpc) is 3.26. The van der Waals surface area contributed by atoms with Gasteiger partial charge < -0.3 is 9.15 Å². The molecule has 0 radical (unpaired) electrons. The third-order valence-corrected chi connectivity index (χ3v) is 4.71. The van der Waals surface area contributed by atoms with Crippen molar-refractivity contribution >= 4 is 35.3 Å². The molecule has 0 aliphatic carbocycles. The highest BCUT2D eigenvalue weighted by molar-refractivity contribution is 6.39. The van der Waals surface area contributed by atoms with Gasteiger partial charge in [-0.25, -0.2) is 9.69 Å². The van der Waals surface area contributed by atoms with E-state index in [2.05, 4.69) is 5.32 Å². The van der Waals surface area contributed by atoms with Gasteiger partial charge in [0.05, 0.1) is 17.7 Å². The largest absolute Gasteiger partial charge is 0.497 e. The summed E-state index contributed by atoms with van der Waals surface area (Å²) in [6.07, 6.45) is 1.23. The molecule has 2 aromatic carbocycles. The van der Waals surface area contributed by atoms with Crippen LogP contribution in [0.15, 0.2) is 70.7 Å². The maximum absolute atomic E-state index is 12.9. The van der Waals surface area contributed by atoms with E-state index in [1.165, 1.54) is 49.6 Å². The van der Waals surface area contributed by atoms with Gasteiger partial charge in [-0.05, 0) is 54.6 Å². The molecule has 2 heterocycles. The van der Waals surface area contributed by atoms with E-state index in [1.807, 2.05) is 0 Å². The number of imide groups is 2. The van der Waals surface area contributed by atoms with Gasteiger partial charge in [0.2, 0.25) is 0 Å². The molecule has 1 saturated heterocycles. The number of furan rings is 1. The summed E-state index contributed by atoms with van der Waals surface area (Å²) in [7, 11) is 1.49. The minimum atomic E-state index is -0.867. The second-order valence-electron chi connectivity index (χ2n) is 6.66. The molecule has 10 nitrogen and oxygen atoms in total. The summed E-state index contributed by atoms with van der Waals surface area (Å²) in [5.41, 5.74) is 0.493. The van der Waals surface area contributed by atoms with Crippen LogP contribution in [0, 0.1) is 10.1 Å². The van der Waals surface area contributed by atoms with Crippen molar-refractivity contribution < 1.29 is 28.5 Å². The average molecular weight is 433 g/mol. The highest BCUT2D eigenvalue weighted by atomic mass is 16.6. The van der Waals surface area contributed by atoms with E-state index >= 15 is 0 Å². The zero-order valence-electron chi connectivity index (χ0n) is 16.6. The SMILES string of the molecule is COc1ccc(N2C(=O)NC(=O)/C(=C/c3ccc(-c4ccc([N+](=O)[O-])cc4)o3)C2=O)cc1. The Morgan fingerprint density at radius 1 is 1.00 bits per heavy atom. The second kappa shape index (κ2) is 8.19. The van der Waals surface area contributed by atoms with Crippen molar-refractivity contribution in [3.63, 3.8) is 0 Å². The highest BCUT2D eigenvalue weighted by Gasteiger charge is 2.37. The monoisotopic (exact) mass is 433 g/mol. The molecule has 0 saturated carbocycles. The highest BCUT2D eigenvalue weighted by Crippen LogP contribution is 2.27. The van der Waals surface area contributed by atoms with Crippen molar-refractivity contribution in [3.05, 3.63) is 82.1 Å². The number of amides is 4. The van der Waals surface area contributed by atoms with Crippen LogP contribution in [0.4, 0.5) is 16.2 Å². The fraction of sp³-hybridized carbons (Fsp3) is 0.0455. The van der Waals surface area contributed by atoms with Gasteiger partial charge >= 0.3 is 6.03 Å². The summed E-state index contributed by atoms with van der Waals surface area (Å²) >= 11 is 0. The van der Waals surface area contributed by atoms with Crippen LogP contribution in [0.1, 0.15) is 5.76 Å². The van der Waals surface area contributed by atoms with Crippen molar-refractivity contribution in [2.24, 2.45) is 0 Å². The molecule has 160 valence electrons. The Morgan fingerprint density at radius 3 is 2.31 bits per heavy atom. The zero-order valence-corrected chi connectivity index (χ0v) is 16.6. The third-order valence-electron chi connectivity index (χ3n) is 4.71. The van der Waals surface area contributed by atoms with E-state index in [4.69, 9.17) is 9.15 Å². The van der Waals surface area contributed by atoms with Crippen LogP contribution in [-0.2, 0) is 9.59 Å². The van der Waals surface area contributed by atoms with E-state index < -0.39 is 22.8 Å². The topological polar surface area (TPSA) is 132 Å². The number of carbonyl (C=O) groups excluding carboxylic acids is 3. The second-order valence-corrected chi connectivity index (χ2v) is 6.66. The Hall–Kier alpha value is -4.73. The molecule has 0 atom stereocenters. The maximum Gasteiger partial charge on any atom is 0.335 e. The Morgan fingerprint density at radius 2 is 1.69 bits per heavy atom. The molecular formula is C22H15N3O7. The first kappa shape index (κ1) is 20.5. The fourth-order valence-corrected chi connectivity index (χ4v) is 3.10. The molecule has 1 aliphatic heterocycles. The van der Waals surface area contributed by atoms with Crippen molar-refractivity contribution in [2.45, 2.75) is 0 Å². The first-order valence-corrected chi connectivity index (χ1v) is 9.27. The lowest BCUT2D eigenvalue weighted by Gasteiger charge is -2.26. The molecule has 0 spiro atoms. The molecule has 1 aromatic heterocycles. The number of non-ortho nitro benzene ring substituents is 1. The molecule has 4 rings (SSSR count). The molecule has 1 fully saturated rings. The Kier molecular flexibility index (Phi) is 5.25. The number of benzene rings is 2. The molecule has 10 heteroatoms. The number of nitrogens with zero attached hydrogens (tertiary/aromatic N) is 2. The predicted octanol–water partition coefficient (Wildman–Crippen LogP) is 3.53. The fourth-order valence-electron chi connectivity index (χ4n) is 3.10. The van der Waals surface area contributed by atoms with Gasteiger partial charge in [-0.2, -0.15) is 0 Å². The van der Waals surface area contributed by atoms with Crippen LogP contribution in [0.2, 0.25) is 0 Å². The summed E-state index contributed by atoms with van der Waals surface area (Å²) in [4.78, 5) is 48.6. The standard InChI is InChI=1S/C22H15N3O7/c1-31-16-8-6-14(7-9-16)24-21(27)18(20(26)23-22(24)28)12-17-10-11-19(32-17)13-2-4-15(5-3-13)25(29)30/h2-12H,1H3,(H,23,26,28)/b18-12-. The van der Waals surface area contributed by atoms with E-state index in [0.717, 1.165) is 4.90 Å². The zero-order chi connectivity index (χ0) is 22.8. The number of carbonyl (C=O) groups is 3. The number of anilines is 1. The maximum atomic E-state index is 12.9. The first-order valence-electron chi connectivity index (χ1n) is 9.27. The number of rotatable bonds is 5. The third kappa shape index (κ3) is 3.84. The number of hydrogen-bond donors (Lipinski definition) is 1. The van der Waals surface area contributed by atoms with Crippen molar-refractivity contribution in [3.8, 4) is 17.1 Å². The lowest BCUT2D eigenvalue weighted by atomic mass is 10.1. The van der Waals surface area contributed by atoms with E-state index in [9.17, 15) is 24.5 Å². The summed E-state index contributed by atoms with van der Waals surface area (Å²) in [5, 5.41) is 12.9. The van der Waals surface area contributed by atoms with Crippen molar-refractivity contribution in [2.75, 3.05) is 12.0 Å². The van der Waals surface area contributed by atoms with Crippen LogP contribution < -0.4 is 15.0 Å². The smallest absolute Gasteiger partial charge is 0.335 e. The summed E-state index contributed by atoms with van der Waals surface area (Å²) < 4.78 is 10.7. The van der Waals surface area contributed by atoms with Crippen molar-refractivity contribution in [1.82, 2.24) is 5.32 Å². The molecule has 4 amide bonds. The molecule has 1 aliphatic rings. The molecule has 0 bridgehead atoms. The lowest BCUT2D eigenvalue weighted by Crippen LogP contribution is -2.54. The summed E-state index contributed by atoms with van der Waals surface area (Å²) in [6.45, 7) is 0. The van der Waals surface area contributed by atoms with Crippen LogP contribution in [0.25, 0.3) is 17.4 Å². The number of ether oxygens (including phenoxy) is 1. The number of methoxy groups -OCH3 is 1. The Bertz CT molecular complexity index is 1260. The first-order chi connectivity index (χ1) is 15.4. The normalized spacial score (nSPS) is 15.1. The number of barbiturate groups is 1. The summed E-state index contributed by atoms with van der Waals surface area (Å²) in [6, 6.07) is 14.2.